The van der Waals surface area contributed by atoms with Gasteiger partial charge in [-0.1, -0.05) is 12.1 Å². The van der Waals surface area contributed by atoms with Crippen LogP contribution < -0.4 is 19.5 Å². The van der Waals surface area contributed by atoms with Crippen molar-refractivity contribution in [3.05, 3.63) is 52.6 Å². The highest BCUT2D eigenvalue weighted by Crippen LogP contribution is 2.29. The predicted molar refractivity (Wildman–Crippen MR) is 86.8 cm³/mol. The van der Waals surface area contributed by atoms with E-state index in [0.29, 0.717) is 17.2 Å². The maximum atomic E-state index is 12.0. The maximum Gasteiger partial charge on any atom is 0.296 e. The molecule has 0 spiro atoms. The van der Waals surface area contributed by atoms with Crippen LogP contribution in [0.3, 0.4) is 0 Å². The third kappa shape index (κ3) is 4.13. The molecule has 0 radical (unpaired) electrons. The van der Waals surface area contributed by atoms with Crippen LogP contribution >= 0.6 is 0 Å². The van der Waals surface area contributed by atoms with Crippen LogP contribution in [0.25, 0.3) is 0 Å². The molecule has 1 N–H and O–H groups in total. The fourth-order valence-electron chi connectivity index (χ4n) is 1.96. The van der Waals surface area contributed by atoms with Crippen molar-refractivity contribution in [2.45, 2.75) is 0 Å². The number of para-hydroxylation sites is 2. The van der Waals surface area contributed by atoms with E-state index in [1.165, 1.54) is 32.4 Å². The molecular formula is C16H16N2O6. The van der Waals surface area contributed by atoms with E-state index in [0.717, 1.165) is 0 Å². The van der Waals surface area contributed by atoms with Crippen LogP contribution in [0.2, 0.25) is 0 Å². The molecule has 0 aliphatic rings. The fourth-order valence-corrected chi connectivity index (χ4v) is 1.96. The van der Waals surface area contributed by atoms with Crippen molar-refractivity contribution in [2.24, 2.45) is 0 Å². The number of ether oxygens (including phenoxy) is 3. The van der Waals surface area contributed by atoms with E-state index in [1.54, 1.807) is 24.3 Å². The number of nitro benzene ring substituents is 1. The van der Waals surface area contributed by atoms with Crippen molar-refractivity contribution >= 4 is 17.3 Å². The molecule has 0 atom stereocenters. The lowest BCUT2D eigenvalue weighted by atomic mass is 10.2. The summed E-state index contributed by atoms with van der Waals surface area (Å²) in [6, 6.07) is 11.0. The first-order valence-corrected chi connectivity index (χ1v) is 6.93. The van der Waals surface area contributed by atoms with E-state index in [4.69, 9.17) is 14.2 Å². The lowest BCUT2D eigenvalue weighted by Crippen LogP contribution is -2.21. The number of nitrogens with one attached hydrogen (secondary N) is 1. The Morgan fingerprint density at radius 2 is 1.83 bits per heavy atom. The Morgan fingerprint density at radius 1 is 1.12 bits per heavy atom. The molecule has 0 unspecified atom stereocenters. The number of benzene rings is 2. The fraction of sp³-hybridized carbons (Fsp3) is 0.188. The number of rotatable bonds is 7. The highest BCUT2D eigenvalue weighted by Gasteiger charge is 2.17. The van der Waals surface area contributed by atoms with Gasteiger partial charge in [-0.2, -0.15) is 0 Å². The van der Waals surface area contributed by atoms with Gasteiger partial charge >= 0.3 is 0 Å². The summed E-state index contributed by atoms with van der Waals surface area (Å²) in [5, 5.41) is 13.5. The number of carbonyl (C=O) groups excluding carboxylic acids is 1. The van der Waals surface area contributed by atoms with E-state index in [1.807, 2.05) is 0 Å². The molecular weight excluding hydrogens is 316 g/mol. The van der Waals surface area contributed by atoms with E-state index in [-0.39, 0.29) is 18.0 Å². The third-order valence-electron chi connectivity index (χ3n) is 3.10. The lowest BCUT2D eigenvalue weighted by Gasteiger charge is -2.11. The van der Waals surface area contributed by atoms with Crippen LogP contribution in [0.5, 0.6) is 17.2 Å². The summed E-state index contributed by atoms with van der Waals surface area (Å²) in [5.74, 6) is 0.680. The number of anilines is 1. The highest BCUT2D eigenvalue weighted by atomic mass is 16.6. The van der Waals surface area contributed by atoms with Crippen LogP contribution in [-0.4, -0.2) is 31.7 Å². The summed E-state index contributed by atoms with van der Waals surface area (Å²) < 4.78 is 15.4. The first-order valence-electron chi connectivity index (χ1n) is 6.93. The minimum atomic E-state index is -0.598. The molecule has 2 aromatic rings. The first-order chi connectivity index (χ1) is 11.5. The van der Waals surface area contributed by atoms with Crippen molar-refractivity contribution in [3.63, 3.8) is 0 Å². The maximum absolute atomic E-state index is 12.0. The Bertz CT molecular complexity index is 747. The van der Waals surface area contributed by atoms with Gasteiger partial charge < -0.3 is 19.5 Å². The molecule has 1 amide bonds. The molecule has 8 heteroatoms. The van der Waals surface area contributed by atoms with Gasteiger partial charge in [0.25, 0.3) is 11.6 Å². The molecule has 126 valence electrons. The lowest BCUT2D eigenvalue weighted by molar-refractivity contribution is -0.384. The summed E-state index contributed by atoms with van der Waals surface area (Å²) in [5.41, 5.74) is -0.200. The standard InChI is InChI=1S/C16H16N2O6/c1-22-11-7-8-12(13(9-11)18(20)21)17-16(19)10-24-15-6-4-3-5-14(15)23-2/h3-9H,10H2,1-2H3,(H,17,19). The van der Waals surface area contributed by atoms with Gasteiger partial charge in [0.2, 0.25) is 0 Å². The van der Waals surface area contributed by atoms with E-state index < -0.39 is 10.8 Å². The molecule has 0 aliphatic heterocycles. The van der Waals surface area contributed by atoms with Gasteiger partial charge in [-0.25, -0.2) is 0 Å². The summed E-state index contributed by atoms with van der Waals surface area (Å²) in [7, 11) is 2.89. The third-order valence-corrected chi connectivity index (χ3v) is 3.10. The Hall–Kier alpha value is -3.29. The zero-order chi connectivity index (χ0) is 17.5. The quantitative estimate of drug-likeness (QED) is 0.618. The van der Waals surface area contributed by atoms with Crippen LogP contribution in [0.15, 0.2) is 42.5 Å². The molecule has 0 fully saturated rings. The molecule has 0 saturated carbocycles. The van der Waals surface area contributed by atoms with Gasteiger partial charge in [0, 0.05) is 0 Å². The van der Waals surface area contributed by atoms with Crippen LogP contribution in [0, 0.1) is 10.1 Å². The number of methoxy groups -OCH3 is 2. The molecule has 2 rings (SSSR count). The molecule has 8 nitrogen and oxygen atoms in total. The number of nitrogens with zero attached hydrogens (tertiary/aromatic N) is 1. The number of amides is 1. The number of hydrogen-bond acceptors (Lipinski definition) is 6. The highest BCUT2D eigenvalue weighted by molar-refractivity contribution is 5.94. The van der Waals surface area contributed by atoms with Crippen molar-refractivity contribution < 1.29 is 23.9 Å². The zero-order valence-corrected chi connectivity index (χ0v) is 13.1. The van der Waals surface area contributed by atoms with Gasteiger partial charge in [-0.05, 0) is 24.3 Å². The van der Waals surface area contributed by atoms with Crippen LogP contribution in [-0.2, 0) is 4.79 Å². The number of carbonyl (C=O) groups is 1. The Balaban J connectivity index is 2.06. The van der Waals surface area contributed by atoms with Gasteiger partial charge in [0.05, 0.1) is 25.2 Å². The van der Waals surface area contributed by atoms with E-state index >= 15 is 0 Å². The summed E-state index contributed by atoms with van der Waals surface area (Å²) in [4.78, 5) is 22.5. The van der Waals surface area contributed by atoms with E-state index in [9.17, 15) is 14.9 Å². The van der Waals surface area contributed by atoms with Crippen molar-refractivity contribution in [3.8, 4) is 17.2 Å². The summed E-state index contributed by atoms with van der Waals surface area (Å²) in [6.45, 7) is -0.316. The molecule has 0 aliphatic carbocycles. The summed E-state index contributed by atoms with van der Waals surface area (Å²) >= 11 is 0. The molecule has 0 bridgehead atoms. The van der Waals surface area contributed by atoms with E-state index in [2.05, 4.69) is 5.32 Å². The molecule has 2 aromatic carbocycles. The molecule has 0 aromatic heterocycles. The van der Waals surface area contributed by atoms with Gasteiger partial charge in [-0.3, -0.25) is 14.9 Å². The van der Waals surface area contributed by atoms with Gasteiger partial charge in [0.1, 0.15) is 11.4 Å². The molecule has 0 heterocycles. The smallest absolute Gasteiger partial charge is 0.296 e. The topological polar surface area (TPSA) is 99.9 Å². The van der Waals surface area contributed by atoms with Crippen molar-refractivity contribution in [1.82, 2.24) is 0 Å². The minimum absolute atomic E-state index is 0.0643. The van der Waals surface area contributed by atoms with Crippen LogP contribution in [0.4, 0.5) is 11.4 Å². The molecule has 24 heavy (non-hydrogen) atoms. The van der Waals surface area contributed by atoms with Crippen molar-refractivity contribution in [2.75, 3.05) is 26.1 Å². The Labute approximate surface area is 138 Å². The Morgan fingerprint density at radius 3 is 2.46 bits per heavy atom. The average Bonchev–Trinajstić information content (AvgIpc) is 2.60. The minimum Gasteiger partial charge on any atom is -0.496 e. The zero-order valence-electron chi connectivity index (χ0n) is 13.1. The Kier molecular flexibility index (Phi) is 5.56. The SMILES string of the molecule is COc1ccc(NC(=O)COc2ccccc2OC)c([N+](=O)[O-])c1. The van der Waals surface area contributed by atoms with Crippen LogP contribution in [0.1, 0.15) is 0 Å². The second-order valence-electron chi connectivity index (χ2n) is 4.63. The number of nitro groups is 1. The largest absolute Gasteiger partial charge is 0.496 e. The van der Waals surface area contributed by atoms with Gasteiger partial charge in [0.15, 0.2) is 18.1 Å². The summed E-state index contributed by atoms with van der Waals surface area (Å²) in [6.07, 6.45) is 0. The average molecular weight is 332 g/mol. The monoisotopic (exact) mass is 332 g/mol. The number of hydrogen-bond donors (Lipinski definition) is 1. The van der Waals surface area contributed by atoms with Gasteiger partial charge in [-0.15, -0.1) is 0 Å². The predicted octanol–water partition coefficient (Wildman–Crippen LogP) is 2.63. The normalized spacial score (nSPS) is 9.92. The first kappa shape index (κ1) is 17.1. The second kappa shape index (κ2) is 7.82. The van der Waals surface area contributed by atoms with Crippen molar-refractivity contribution in [1.29, 1.82) is 0 Å². The second-order valence-corrected chi connectivity index (χ2v) is 4.63. The molecule has 0 saturated heterocycles.